The van der Waals surface area contributed by atoms with Gasteiger partial charge in [0, 0.05) is 6.54 Å². The van der Waals surface area contributed by atoms with Crippen LogP contribution in [0.1, 0.15) is 36.8 Å². The van der Waals surface area contributed by atoms with Gasteiger partial charge >= 0.3 is 0 Å². The Kier molecular flexibility index (Phi) is 3.82. The fourth-order valence-electron chi connectivity index (χ4n) is 2.23. The lowest BCUT2D eigenvalue weighted by molar-refractivity contribution is 0.863. The van der Waals surface area contributed by atoms with Gasteiger partial charge in [-0.2, -0.15) is 5.26 Å². The van der Waals surface area contributed by atoms with Gasteiger partial charge in [-0.25, -0.2) is 0 Å². The summed E-state index contributed by atoms with van der Waals surface area (Å²) in [7, 11) is 0. The molecule has 0 aromatic heterocycles. The van der Waals surface area contributed by atoms with Crippen LogP contribution in [-0.4, -0.2) is 6.54 Å². The van der Waals surface area contributed by atoms with Crippen LogP contribution < -0.4 is 5.32 Å². The molecule has 0 fully saturated rings. The molecule has 1 aliphatic rings. The predicted molar refractivity (Wildman–Crippen MR) is 70.9 cm³/mol. The van der Waals surface area contributed by atoms with Gasteiger partial charge in [-0.15, -0.1) is 0 Å². The first kappa shape index (κ1) is 11.7. The normalized spacial score (nSPS) is 14.2. The summed E-state index contributed by atoms with van der Waals surface area (Å²) >= 11 is 0. The molecular weight excluding hydrogens is 208 g/mol. The Morgan fingerprint density at radius 2 is 2.29 bits per heavy atom. The zero-order valence-electron chi connectivity index (χ0n) is 10.3. The fraction of sp³-hybridized carbons (Fsp3) is 0.400. The standard InChI is InChI=1S/C15H18N2/c1-12-6-7-15(14(10-12)11-16)17-9-8-13-4-2-3-5-13/h4,6-7,10,17H,2-3,5,8-9H2,1H3. The lowest BCUT2D eigenvalue weighted by atomic mass is 10.1. The number of allylic oxidation sites excluding steroid dienone is 1. The first-order valence-corrected chi connectivity index (χ1v) is 6.22. The molecule has 2 nitrogen and oxygen atoms in total. The summed E-state index contributed by atoms with van der Waals surface area (Å²) < 4.78 is 0. The maximum Gasteiger partial charge on any atom is 0.101 e. The largest absolute Gasteiger partial charge is 0.384 e. The van der Waals surface area contributed by atoms with E-state index in [1.165, 1.54) is 19.3 Å². The number of hydrogen-bond donors (Lipinski definition) is 1. The highest BCUT2D eigenvalue weighted by atomic mass is 14.9. The van der Waals surface area contributed by atoms with Crippen molar-refractivity contribution in [1.82, 2.24) is 0 Å². The van der Waals surface area contributed by atoms with Crippen LogP contribution in [0, 0.1) is 18.3 Å². The molecule has 0 saturated carbocycles. The van der Waals surface area contributed by atoms with Crippen molar-refractivity contribution in [3.05, 3.63) is 41.0 Å². The number of rotatable bonds is 4. The van der Waals surface area contributed by atoms with Gasteiger partial charge in [-0.3, -0.25) is 0 Å². The van der Waals surface area contributed by atoms with Gasteiger partial charge in [0.05, 0.1) is 11.3 Å². The van der Waals surface area contributed by atoms with Crippen LogP contribution in [-0.2, 0) is 0 Å². The molecule has 1 aromatic carbocycles. The van der Waals surface area contributed by atoms with Gasteiger partial charge in [0.2, 0.25) is 0 Å². The number of nitriles is 1. The molecule has 2 heteroatoms. The molecule has 0 radical (unpaired) electrons. The maximum atomic E-state index is 9.05. The van der Waals surface area contributed by atoms with Gasteiger partial charge in [-0.1, -0.05) is 17.7 Å². The Morgan fingerprint density at radius 3 is 3.00 bits per heavy atom. The van der Waals surface area contributed by atoms with Crippen LogP contribution in [0.15, 0.2) is 29.8 Å². The molecule has 17 heavy (non-hydrogen) atoms. The van der Waals surface area contributed by atoms with Crippen molar-refractivity contribution in [2.75, 3.05) is 11.9 Å². The summed E-state index contributed by atoms with van der Waals surface area (Å²) in [5.41, 5.74) is 4.39. The highest BCUT2D eigenvalue weighted by molar-refractivity contribution is 5.58. The monoisotopic (exact) mass is 226 g/mol. The van der Waals surface area contributed by atoms with E-state index in [0.29, 0.717) is 0 Å². The molecule has 0 unspecified atom stereocenters. The second-order valence-electron chi connectivity index (χ2n) is 4.59. The molecule has 0 aliphatic heterocycles. The molecule has 1 aromatic rings. The molecule has 0 saturated heterocycles. The lowest BCUT2D eigenvalue weighted by Gasteiger charge is -2.09. The average molecular weight is 226 g/mol. The van der Waals surface area contributed by atoms with Crippen molar-refractivity contribution in [3.63, 3.8) is 0 Å². The van der Waals surface area contributed by atoms with Crippen molar-refractivity contribution in [2.24, 2.45) is 0 Å². The predicted octanol–water partition coefficient (Wildman–Crippen LogP) is 3.78. The second-order valence-corrected chi connectivity index (χ2v) is 4.59. The molecule has 0 bridgehead atoms. The Balaban J connectivity index is 1.92. The fourth-order valence-corrected chi connectivity index (χ4v) is 2.23. The van der Waals surface area contributed by atoms with Crippen molar-refractivity contribution in [1.29, 1.82) is 5.26 Å². The van der Waals surface area contributed by atoms with E-state index < -0.39 is 0 Å². The summed E-state index contributed by atoms with van der Waals surface area (Å²) in [6.07, 6.45) is 7.24. The Bertz CT molecular complexity index is 466. The van der Waals surface area contributed by atoms with Crippen LogP contribution in [0.3, 0.4) is 0 Å². The summed E-state index contributed by atoms with van der Waals surface area (Å²) in [4.78, 5) is 0. The smallest absolute Gasteiger partial charge is 0.101 e. The summed E-state index contributed by atoms with van der Waals surface area (Å²) in [5, 5.41) is 12.4. The highest BCUT2D eigenvalue weighted by Crippen LogP contribution is 2.21. The van der Waals surface area contributed by atoms with Crippen LogP contribution >= 0.6 is 0 Å². The molecule has 0 spiro atoms. The lowest BCUT2D eigenvalue weighted by Crippen LogP contribution is -2.04. The van der Waals surface area contributed by atoms with E-state index in [2.05, 4.69) is 17.5 Å². The van der Waals surface area contributed by atoms with E-state index in [0.717, 1.165) is 29.8 Å². The van der Waals surface area contributed by atoms with Gasteiger partial charge in [-0.05, 0) is 50.3 Å². The number of aryl methyl sites for hydroxylation is 1. The molecule has 88 valence electrons. The van der Waals surface area contributed by atoms with E-state index in [1.807, 2.05) is 25.1 Å². The Labute approximate surface area is 103 Å². The minimum absolute atomic E-state index is 0.741. The number of hydrogen-bond acceptors (Lipinski definition) is 2. The third kappa shape index (κ3) is 3.10. The molecule has 0 heterocycles. The second kappa shape index (κ2) is 5.54. The van der Waals surface area contributed by atoms with Crippen LogP contribution in [0.5, 0.6) is 0 Å². The average Bonchev–Trinajstić information content (AvgIpc) is 2.84. The summed E-state index contributed by atoms with van der Waals surface area (Å²) in [6.45, 7) is 2.93. The first-order valence-electron chi connectivity index (χ1n) is 6.22. The van der Waals surface area contributed by atoms with E-state index in [-0.39, 0.29) is 0 Å². The van der Waals surface area contributed by atoms with Crippen molar-refractivity contribution < 1.29 is 0 Å². The number of nitrogens with one attached hydrogen (secondary N) is 1. The van der Waals surface area contributed by atoms with Crippen LogP contribution in [0.2, 0.25) is 0 Å². The topological polar surface area (TPSA) is 35.8 Å². The number of nitrogens with zero attached hydrogens (tertiary/aromatic N) is 1. The van der Waals surface area contributed by atoms with E-state index >= 15 is 0 Å². The molecular formula is C15H18N2. The molecule has 0 atom stereocenters. The van der Waals surface area contributed by atoms with Crippen molar-refractivity contribution in [3.8, 4) is 6.07 Å². The van der Waals surface area contributed by atoms with Crippen molar-refractivity contribution >= 4 is 5.69 Å². The zero-order valence-corrected chi connectivity index (χ0v) is 10.3. The summed E-state index contributed by atoms with van der Waals surface area (Å²) in [5.74, 6) is 0. The molecule has 0 amide bonds. The number of benzene rings is 1. The van der Waals surface area contributed by atoms with E-state index in [1.54, 1.807) is 5.57 Å². The Morgan fingerprint density at radius 1 is 1.41 bits per heavy atom. The molecule has 2 rings (SSSR count). The minimum atomic E-state index is 0.741. The summed E-state index contributed by atoms with van der Waals surface area (Å²) in [6, 6.07) is 8.20. The zero-order chi connectivity index (χ0) is 12.1. The van der Waals surface area contributed by atoms with Gasteiger partial charge in [0.15, 0.2) is 0 Å². The first-order chi connectivity index (χ1) is 8.29. The SMILES string of the molecule is Cc1ccc(NCCC2=CCCC2)c(C#N)c1. The van der Waals surface area contributed by atoms with E-state index in [9.17, 15) is 0 Å². The van der Waals surface area contributed by atoms with Crippen LogP contribution in [0.4, 0.5) is 5.69 Å². The van der Waals surface area contributed by atoms with Crippen molar-refractivity contribution in [2.45, 2.75) is 32.6 Å². The minimum Gasteiger partial charge on any atom is -0.384 e. The highest BCUT2D eigenvalue weighted by Gasteiger charge is 2.05. The quantitative estimate of drug-likeness (QED) is 0.793. The van der Waals surface area contributed by atoms with Gasteiger partial charge < -0.3 is 5.32 Å². The third-order valence-electron chi connectivity index (χ3n) is 3.19. The van der Waals surface area contributed by atoms with E-state index in [4.69, 9.17) is 5.26 Å². The Hall–Kier alpha value is -1.75. The van der Waals surface area contributed by atoms with Crippen LogP contribution in [0.25, 0.3) is 0 Å². The third-order valence-corrected chi connectivity index (χ3v) is 3.19. The van der Waals surface area contributed by atoms with Gasteiger partial charge in [0.1, 0.15) is 6.07 Å². The molecule has 1 N–H and O–H groups in total. The van der Waals surface area contributed by atoms with Gasteiger partial charge in [0.25, 0.3) is 0 Å². The maximum absolute atomic E-state index is 9.05. The molecule has 1 aliphatic carbocycles. The number of anilines is 1.